The fourth-order valence-corrected chi connectivity index (χ4v) is 2.08. The molecular weight excluding hydrogens is 256 g/mol. The average molecular weight is 276 g/mol. The number of ether oxygens (including phenoxy) is 1. The number of hydrogen-bond donors (Lipinski definition) is 1. The van der Waals surface area contributed by atoms with Crippen molar-refractivity contribution in [1.82, 2.24) is 0 Å². The maximum atomic E-state index is 12.2. The number of nitrogens with one attached hydrogen (secondary N) is 1. The van der Waals surface area contributed by atoms with Crippen molar-refractivity contribution in [2.75, 3.05) is 23.9 Å². The topological polar surface area (TPSA) is 58.6 Å². The fraction of sp³-hybridized carbons (Fsp3) is 0.467. The van der Waals surface area contributed by atoms with Crippen molar-refractivity contribution in [3.8, 4) is 0 Å². The molecule has 0 unspecified atom stereocenters. The van der Waals surface area contributed by atoms with Crippen LogP contribution in [0, 0.1) is 0 Å². The molecule has 0 spiro atoms. The molecule has 0 radical (unpaired) electrons. The van der Waals surface area contributed by atoms with Gasteiger partial charge in [0.25, 0.3) is 5.91 Å². The van der Waals surface area contributed by atoms with Gasteiger partial charge in [-0.15, -0.1) is 0 Å². The molecule has 1 fully saturated rings. The van der Waals surface area contributed by atoms with Crippen LogP contribution in [0.5, 0.6) is 0 Å². The molecule has 0 aliphatic carbocycles. The number of amides is 2. The van der Waals surface area contributed by atoms with Crippen LogP contribution in [0.3, 0.4) is 0 Å². The molecule has 1 aromatic carbocycles. The Morgan fingerprint density at radius 2 is 2.05 bits per heavy atom. The minimum atomic E-state index is -0.915. The summed E-state index contributed by atoms with van der Waals surface area (Å²) in [5.41, 5.74) is 0.468. The highest BCUT2D eigenvalue weighted by Crippen LogP contribution is 2.30. The van der Waals surface area contributed by atoms with Gasteiger partial charge in [0.15, 0.2) is 0 Å². The maximum absolute atomic E-state index is 12.2. The van der Waals surface area contributed by atoms with E-state index >= 15 is 0 Å². The second kappa shape index (κ2) is 5.63. The second-order valence-electron chi connectivity index (χ2n) is 5.33. The number of carbonyl (C=O) groups is 2. The normalized spacial score (nSPS) is 15.6. The monoisotopic (exact) mass is 276 g/mol. The third kappa shape index (κ3) is 2.82. The molecule has 0 saturated carbocycles. The summed E-state index contributed by atoms with van der Waals surface area (Å²) in [6.07, 6.45) is 1.41. The number of methoxy groups -OCH3 is 1. The molecule has 1 saturated heterocycles. The Bertz CT molecular complexity index is 526. The first-order chi connectivity index (χ1) is 9.45. The van der Waals surface area contributed by atoms with E-state index in [4.69, 9.17) is 4.74 Å². The van der Waals surface area contributed by atoms with E-state index in [0.29, 0.717) is 18.7 Å². The van der Waals surface area contributed by atoms with E-state index in [1.54, 1.807) is 24.8 Å². The van der Waals surface area contributed by atoms with Crippen molar-refractivity contribution in [3.63, 3.8) is 0 Å². The lowest BCUT2D eigenvalue weighted by molar-refractivity contribution is -0.133. The molecule has 5 nitrogen and oxygen atoms in total. The molecule has 0 atom stereocenters. The Kier molecular flexibility index (Phi) is 4.09. The molecule has 20 heavy (non-hydrogen) atoms. The van der Waals surface area contributed by atoms with E-state index < -0.39 is 5.60 Å². The van der Waals surface area contributed by atoms with Crippen LogP contribution in [0.1, 0.15) is 26.7 Å². The number of carbonyl (C=O) groups excluding carboxylic acids is 2. The summed E-state index contributed by atoms with van der Waals surface area (Å²) in [4.78, 5) is 25.7. The largest absolute Gasteiger partial charge is 0.369 e. The van der Waals surface area contributed by atoms with Crippen LogP contribution in [0.4, 0.5) is 11.4 Å². The zero-order valence-electron chi connectivity index (χ0n) is 12.1. The summed E-state index contributed by atoms with van der Waals surface area (Å²) in [5.74, 6) is -0.142. The smallest absolute Gasteiger partial charge is 0.256 e. The molecule has 0 bridgehead atoms. The number of nitrogens with zero attached hydrogens (tertiary/aromatic N) is 1. The van der Waals surface area contributed by atoms with Gasteiger partial charge in [0.1, 0.15) is 5.60 Å². The van der Waals surface area contributed by atoms with Gasteiger partial charge in [-0.3, -0.25) is 9.59 Å². The van der Waals surface area contributed by atoms with Gasteiger partial charge in [-0.2, -0.15) is 0 Å². The van der Waals surface area contributed by atoms with Crippen molar-refractivity contribution in [2.45, 2.75) is 32.3 Å². The number of anilines is 2. The van der Waals surface area contributed by atoms with Gasteiger partial charge in [-0.25, -0.2) is 0 Å². The average Bonchev–Trinajstić information content (AvgIpc) is 2.85. The van der Waals surface area contributed by atoms with Gasteiger partial charge in [0.05, 0.1) is 11.4 Å². The highest BCUT2D eigenvalue weighted by molar-refractivity contribution is 6.03. The number of para-hydroxylation sites is 2. The standard InChI is InChI=1S/C15H20N2O3/c1-15(2,20-3)14(19)16-11-7-4-5-8-12(11)17-10-6-9-13(17)18/h4-5,7-8H,6,9-10H2,1-3H3,(H,16,19). The molecule has 1 aromatic rings. The molecule has 0 aromatic heterocycles. The number of hydrogen-bond acceptors (Lipinski definition) is 3. The first-order valence-electron chi connectivity index (χ1n) is 6.71. The summed E-state index contributed by atoms with van der Waals surface area (Å²) in [7, 11) is 1.50. The third-order valence-electron chi connectivity index (χ3n) is 3.57. The van der Waals surface area contributed by atoms with E-state index in [9.17, 15) is 9.59 Å². The van der Waals surface area contributed by atoms with Gasteiger partial charge in [0, 0.05) is 20.1 Å². The summed E-state index contributed by atoms with van der Waals surface area (Å²) < 4.78 is 5.17. The van der Waals surface area contributed by atoms with Crippen LogP contribution in [0.15, 0.2) is 24.3 Å². The lowest BCUT2D eigenvalue weighted by Gasteiger charge is -2.24. The van der Waals surface area contributed by atoms with Gasteiger partial charge < -0.3 is 15.0 Å². The van der Waals surface area contributed by atoms with Crippen molar-refractivity contribution in [2.24, 2.45) is 0 Å². The number of rotatable bonds is 4. The quantitative estimate of drug-likeness (QED) is 0.917. The van der Waals surface area contributed by atoms with Crippen LogP contribution in [-0.2, 0) is 14.3 Å². The van der Waals surface area contributed by atoms with Crippen molar-refractivity contribution >= 4 is 23.2 Å². The number of benzene rings is 1. The van der Waals surface area contributed by atoms with Crippen LogP contribution in [-0.4, -0.2) is 31.1 Å². The summed E-state index contributed by atoms with van der Waals surface area (Å²) in [5, 5.41) is 2.84. The molecular formula is C15H20N2O3. The third-order valence-corrected chi connectivity index (χ3v) is 3.57. The van der Waals surface area contributed by atoms with E-state index in [0.717, 1.165) is 12.1 Å². The van der Waals surface area contributed by atoms with Crippen LogP contribution < -0.4 is 10.2 Å². The molecule has 2 amide bonds. The summed E-state index contributed by atoms with van der Waals surface area (Å²) in [6.45, 7) is 4.09. The van der Waals surface area contributed by atoms with Crippen LogP contribution in [0.25, 0.3) is 0 Å². The van der Waals surface area contributed by atoms with Crippen molar-refractivity contribution in [3.05, 3.63) is 24.3 Å². The molecule has 1 aliphatic rings. The zero-order chi connectivity index (χ0) is 14.8. The minimum Gasteiger partial charge on any atom is -0.369 e. The van der Waals surface area contributed by atoms with Gasteiger partial charge in [-0.1, -0.05) is 12.1 Å². The molecule has 1 N–H and O–H groups in total. The minimum absolute atomic E-state index is 0.0951. The van der Waals surface area contributed by atoms with E-state index in [1.807, 2.05) is 18.2 Å². The van der Waals surface area contributed by atoms with Crippen LogP contribution >= 0.6 is 0 Å². The predicted molar refractivity (Wildman–Crippen MR) is 77.7 cm³/mol. The predicted octanol–water partition coefficient (Wildman–Crippen LogP) is 2.18. The lowest BCUT2D eigenvalue weighted by Crippen LogP contribution is -2.39. The Morgan fingerprint density at radius 1 is 1.35 bits per heavy atom. The molecule has 2 rings (SSSR count). The first kappa shape index (κ1) is 14.5. The molecule has 108 valence electrons. The Labute approximate surface area is 118 Å². The SMILES string of the molecule is COC(C)(C)C(=O)Nc1ccccc1N1CCCC1=O. The van der Waals surface area contributed by atoms with E-state index in [1.165, 1.54) is 7.11 Å². The first-order valence-corrected chi connectivity index (χ1v) is 6.71. The Balaban J connectivity index is 2.25. The summed E-state index contributed by atoms with van der Waals surface area (Å²) in [6, 6.07) is 7.33. The van der Waals surface area contributed by atoms with Gasteiger partial charge >= 0.3 is 0 Å². The molecule has 1 heterocycles. The van der Waals surface area contributed by atoms with Gasteiger partial charge in [0.2, 0.25) is 5.91 Å². The van der Waals surface area contributed by atoms with Crippen molar-refractivity contribution in [1.29, 1.82) is 0 Å². The second-order valence-corrected chi connectivity index (χ2v) is 5.33. The van der Waals surface area contributed by atoms with E-state index in [-0.39, 0.29) is 11.8 Å². The lowest BCUT2D eigenvalue weighted by atomic mass is 10.1. The Morgan fingerprint density at radius 3 is 2.65 bits per heavy atom. The summed E-state index contributed by atoms with van der Waals surface area (Å²) >= 11 is 0. The van der Waals surface area contributed by atoms with Crippen molar-refractivity contribution < 1.29 is 14.3 Å². The molecule has 1 aliphatic heterocycles. The fourth-order valence-electron chi connectivity index (χ4n) is 2.08. The maximum Gasteiger partial charge on any atom is 0.256 e. The van der Waals surface area contributed by atoms with Crippen LogP contribution in [0.2, 0.25) is 0 Å². The highest BCUT2D eigenvalue weighted by Gasteiger charge is 2.29. The zero-order valence-corrected chi connectivity index (χ0v) is 12.1. The Hall–Kier alpha value is -1.88. The van der Waals surface area contributed by atoms with E-state index in [2.05, 4.69) is 5.32 Å². The molecule has 5 heteroatoms. The van der Waals surface area contributed by atoms with Gasteiger partial charge in [-0.05, 0) is 32.4 Å². The highest BCUT2D eigenvalue weighted by atomic mass is 16.5.